The van der Waals surface area contributed by atoms with Gasteiger partial charge in [-0.1, -0.05) is 0 Å². The fraction of sp³-hybridized carbons (Fsp3) is 0.417. The number of imidazole rings is 1. The van der Waals surface area contributed by atoms with E-state index >= 15 is 0 Å². The number of rotatable bonds is 3. The van der Waals surface area contributed by atoms with Crippen molar-refractivity contribution in [2.45, 2.75) is 26.7 Å². The summed E-state index contributed by atoms with van der Waals surface area (Å²) in [4.78, 5) is 24.7. The van der Waals surface area contributed by atoms with Gasteiger partial charge in [0, 0.05) is 55.6 Å². The second-order valence-electron chi connectivity index (χ2n) is 9.57. The standard InChI is InChI=1S/C24H28N8O/c1-15-10-32-12-20(27-22(32)16(2)26-15)28-23(33)17-4-5-19(18-11-30(3)29-21(17)18)31-9-7-24(14-31)6-8-25-13-24/h4-5,10-12,25H,6-9,13-14H2,1-3H3,(H,28,33). The van der Waals surface area contributed by atoms with E-state index in [9.17, 15) is 4.79 Å². The van der Waals surface area contributed by atoms with E-state index in [1.807, 2.05) is 50.0 Å². The van der Waals surface area contributed by atoms with E-state index in [2.05, 4.69) is 36.7 Å². The molecule has 0 aliphatic carbocycles. The van der Waals surface area contributed by atoms with Crippen LogP contribution in [0.3, 0.4) is 0 Å². The molecular formula is C24H28N8O. The molecule has 3 aromatic heterocycles. The van der Waals surface area contributed by atoms with Crippen LogP contribution in [0, 0.1) is 19.3 Å². The first kappa shape index (κ1) is 20.2. The number of aryl methyl sites for hydroxylation is 3. The molecule has 5 heterocycles. The number of amides is 1. The highest BCUT2D eigenvalue weighted by molar-refractivity contribution is 6.13. The van der Waals surface area contributed by atoms with Gasteiger partial charge in [0.15, 0.2) is 11.5 Å². The Morgan fingerprint density at radius 2 is 2.03 bits per heavy atom. The Bertz CT molecular complexity index is 1390. The Kier molecular flexibility index (Phi) is 4.45. The van der Waals surface area contributed by atoms with Gasteiger partial charge >= 0.3 is 0 Å². The Morgan fingerprint density at radius 3 is 2.85 bits per heavy atom. The molecule has 9 heteroatoms. The lowest BCUT2D eigenvalue weighted by Crippen LogP contribution is -2.29. The zero-order chi connectivity index (χ0) is 22.7. The molecule has 4 aromatic rings. The van der Waals surface area contributed by atoms with Crippen molar-refractivity contribution in [3.63, 3.8) is 0 Å². The van der Waals surface area contributed by atoms with E-state index in [0.717, 1.165) is 59.8 Å². The molecular weight excluding hydrogens is 416 g/mol. The molecule has 1 unspecified atom stereocenters. The van der Waals surface area contributed by atoms with Crippen LogP contribution in [-0.4, -0.2) is 56.2 Å². The number of fused-ring (bicyclic) bond motifs is 2. The molecule has 0 radical (unpaired) electrons. The maximum atomic E-state index is 13.3. The number of benzene rings is 1. The molecule has 9 nitrogen and oxygen atoms in total. The minimum absolute atomic E-state index is 0.214. The number of carbonyl (C=O) groups excluding carboxylic acids is 1. The van der Waals surface area contributed by atoms with Crippen molar-refractivity contribution < 1.29 is 4.79 Å². The van der Waals surface area contributed by atoms with Gasteiger partial charge < -0.3 is 19.9 Å². The van der Waals surface area contributed by atoms with Crippen LogP contribution in [0.1, 0.15) is 34.6 Å². The van der Waals surface area contributed by atoms with Gasteiger partial charge in [-0.2, -0.15) is 5.10 Å². The predicted molar refractivity (Wildman–Crippen MR) is 128 cm³/mol. The number of hydrogen-bond acceptors (Lipinski definition) is 6. The number of aromatic nitrogens is 5. The van der Waals surface area contributed by atoms with Gasteiger partial charge in [0.05, 0.1) is 23.1 Å². The maximum Gasteiger partial charge on any atom is 0.259 e. The van der Waals surface area contributed by atoms with Gasteiger partial charge in [0.2, 0.25) is 0 Å². The van der Waals surface area contributed by atoms with Crippen LogP contribution < -0.4 is 15.5 Å². The lowest BCUT2D eigenvalue weighted by atomic mass is 9.86. The molecule has 1 amide bonds. The summed E-state index contributed by atoms with van der Waals surface area (Å²) >= 11 is 0. The van der Waals surface area contributed by atoms with Crippen LogP contribution in [0.15, 0.2) is 30.7 Å². The lowest BCUT2D eigenvalue weighted by Gasteiger charge is -2.24. The second kappa shape index (κ2) is 7.28. The zero-order valence-electron chi connectivity index (χ0n) is 19.2. The highest BCUT2D eigenvalue weighted by Crippen LogP contribution is 2.40. The highest BCUT2D eigenvalue weighted by Gasteiger charge is 2.40. The van der Waals surface area contributed by atoms with Crippen molar-refractivity contribution in [1.29, 1.82) is 0 Å². The minimum atomic E-state index is -0.214. The Morgan fingerprint density at radius 1 is 1.15 bits per heavy atom. The summed E-state index contributed by atoms with van der Waals surface area (Å²) < 4.78 is 3.68. The van der Waals surface area contributed by atoms with Crippen molar-refractivity contribution >= 4 is 34.0 Å². The first-order valence-corrected chi connectivity index (χ1v) is 11.5. The largest absolute Gasteiger partial charge is 0.370 e. The summed E-state index contributed by atoms with van der Waals surface area (Å²) in [5, 5.41) is 12.1. The molecule has 0 saturated carbocycles. The normalized spacial score (nSPS) is 20.5. The molecule has 1 aromatic carbocycles. The van der Waals surface area contributed by atoms with Crippen LogP contribution in [0.2, 0.25) is 0 Å². The third-order valence-corrected chi connectivity index (χ3v) is 7.09. The average molecular weight is 445 g/mol. The van der Waals surface area contributed by atoms with Gasteiger partial charge in [0.25, 0.3) is 5.91 Å². The van der Waals surface area contributed by atoms with E-state index in [0.29, 0.717) is 16.8 Å². The van der Waals surface area contributed by atoms with E-state index in [4.69, 9.17) is 0 Å². The molecule has 2 aliphatic heterocycles. The summed E-state index contributed by atoms with van der Waals surface area (Å²) in [6, 6.07) is 3.96. The van der Waals surface area contributed by atoms with Crippen molar-refractivity contribution in [2.24, 2.45) is 12.5 Å². The Hall–Kier alpha value is -3.46. The predicted octanol–water partition coefficient (Wildman–Crippen LogP) is 2.67. The molecule has 1 atom stereocenters. The number of nitrogens with one attached hydrogen (secondary N) is 2. The molecule has 2 N–H and O–H groups in total. The molecule has 6 rings (SSSR count). The quantitative estimate of drug-likeness (QED) is 0.505. The molecule has 2 aliphatic rings. The SMILES string of the molecule is Cc1cn2cc(NC(=O)c3ccc(N4CCC5(CCNC5)C4)c4cn(C)nc34)nc2c(C)n1. The van der Waals surface area contributed by atoms with Crippen LogP contribution in [0.25, 0.3) is 16.6 Å². The summed E-state index contributed by atoms with van der Waals surface area (Å²) in [6.07, 6.45) is 8.17. The highest BCUT2D eigenvalue weighted by atomic mass is 16.1. The smallest absolute Gasteiger partial charge is 0.259 e. The Balaban J connectivity index is 1.32. The summed E-state index contributed by atoms with van der Waals surface area (Å²) in [6.45, 7) is 8.13. The fourth-order valence-corrected chi connectivity index (χ4v) is 5.50. The number of anilines is 2. The van der Waals surface area contributed by atoms with E-state index < -0.39 is 0 Å². The van der Waals surface area contributed by atoms with Gasteiger partial charge in [-0.05, 0) is 45.4 Å². The van der Waals surface area contributed by atoms with Gasteiger partial charge in [0.1, 0.15) is 5.52 Å². The number of nitrogens with zero attached hydrogens (tertiary/aromatic N) is 6. The van der Waals surface area contributed by atoms with E-state index in [-0.39, 0.29) is 5.91 Å². The number of hydrogen-bond donors (Lipinski definition) is 2. The minimum Gasteiger partial charge on any atom is -0.370 e. The maximum absolute atomic E-state index is 13.3. The van der Waals surface area contributed by atoms with Crippen molar-refractivity contribution in [2.75, 3.05) is 36.4 Å². The molecule has 33 heavy (non-hydrogen) atoms. The van der Waals surface area contributed by atoms with E-state index in [1.165, 1.54) is 12.8 Å². The first-order valence-electron chi connectivity index (χ1n) is 11.5. The second-order valence-corrected chi connectivity index (χ2v) is 9.57. The van der Waals surface area contributed by atoms with Gasteiger partial charge in [-0.3, -0.25) is 14.5 Å². The zero-order valence-corrected chi connectivity index (χ0v) is 19.2. The molecule has 2 saturated heterocycles. The molecule has 2 fully saturated rings. The molecule has 0 bridgehead atoms. The van der Waals surface area contributed by atoms with Crippen LogP contribution in [0.5, 0.6) is 0 Å². The lowest BCUT2D eigenvalue weighted by molar-refractivity contribution is 0.102. The van der Waals surface area contributed by atoms with E-state index in [1.54, 1.807) is 4.68 Å². The van der Waals surface area contributed by atoms with Crippen LogP contribution in [0.4, 0.5) is 11.5 Å². The number of carbonyl (C=O) groups is 1. The monoisotopic (exact) mass is 444 g/mol. The summed E-state index contributed by atoms with van der Waals surface area (Å²) in [5.41, 5.74) is 5.26. The molecule has 170 valence electrons. The van der Waals surface area contributed by atoms with Gasteiger partial charge in [-0.25, -0.2) is 4.98 Å². The Labute approximate surface area is 191 Å². The van der Waals surface area contributed by atoms with Crippen molar-refractivity contribution in [1.82, 2.24) is 29.5 Å². The summed E-state index contributed by atoms with van der Waals surface area (Å²) in [5.74, 6) is 0.285. The fourth-order valence-electron chi connectivity index (χ4n) is 5.50. The van der Waals surface area contributed by atoms with Crippen LogP contribution in [-0.2, 0) is 7.05 Å². The van der Waals surface area contributed by atoms with Crippen LogP contribution >= 0.6 is 0 Å². The first-order chi connectivity index (χ1) is 15.9. The third-order valence-electron chi connectivity index (χ3n) is 7.09. The summed E-state index contributed by atoms with van der Waals surface area (Å²) in [7, 11) is 1.90. The van der Waals surface area contributed by atoms with Crippen molar-refractivity contribution in [3.05, 3.63) is 47.7 Å². The molecule has 1 spiro atoms. The van der Waals surface area contributed by atoms with Gasteiger partial charge in [-0.15, -0.1) is 0 Å². The van der Waals surface area contributed by atoms with Crippen molar-refractivity contribution in [3.8, 4) is 0 Å². The average Bonchev–Trinajstić information content (AvgIpc) is 3.55. The third kappa shape index (κ3) is 3.34. The topological polar surface area (TPSA) is 92.4 Å².